The summed E-state index contributed by atoms with van der Waals surface area (Å²) in [5.74, 6) is -0.627. The van der Waals surface area contributed by atoms with Gasteiger partial charge in [-0.3, -0.25) is 19.5 Å². The summed E-state index contributed by atoms with van der Waals surface area (Å²) in [6.45, 7) is 5.10. The van der Waals surface area contributed by atoms with E-state index in [4.69, 9.17) is 16.3 Å². The van der Waals surface area contributed by atoms with Gasteiger partial charge >= 0.3 is 5.97 Å². The van der Waals surface area contributed by atoms with Crippen LogP contribution in [0.4, 0.5) is 5.69 Å². The largest absolute Gasteiger partial charge is 0.463 e. The number of aromatic nitrogens is 1. The normalized spacial score (nSPS) is 15.6. The van der Waals surface area contributed by atoms with Gasteiger partial charge in [0, 0.05) is 16.7 Å². The van der Waals surface area contributed by atoms with E-state index in [0.29, 0.717) is 36.7 Å². The Bertz CT molecular complexity index is 1540. The lowest BCUT2D eigenvalue weighted by Crippen LogP contribution is -2.40. The van der Waals surface area contributed by atoms with Gasteiger partial charge in [-0.05, 0) is 44.0 Å². The van der Waals surface area contributed by atoms with Crippen molar-refractivity contribution in [1.82, 2.24) is 4.57 Å². The lowest BCUT2D eigenvalue weighted by Gasteiger charge is -2.24. The summed E-state index contributed by atoms with van der Waals surface area (Å²) in [5, 5.41) is 12.1. The number of allylic oxidation sites excluding steroid dienone is 1. The lowest BCUT2D eigenvalue weighted by molar-refractivity contribution is -0.385. The molecular formula is C24H20ClN3O5S. The number of nitrogens with zero attached hydrogens (tertiary/aromatic N) is 3. The van der Waals surface area contributed by atoms with Crippen LogP contribution in [0, 0.1) is 17.0 Å². The number of thiazole rings is 1. The maximum Gasteiger partial charge on any atom is 0.338 e. The van der Waals surface area contributed by atoms with Crippen LogP contribution in [0.25, 0.3) is 6.08 Å². The second-order valence-corrected chi connectivity index (χ2v) is 9.04. The second-order valence-electron chi connectivity index (χ2n) is 7.63. The van der Waals surface area contributed by atoms with Gasteiger partial charge in [0.15, 0.2) is 4.80 Å². The van der Waals surface area contributed by atoms with E-state index in [1.165, 1.54) is 10.6 Å². The molecule has 1 atom stereocenters. The van der Waals surface area contributed by atoms with Gasteiger partial charge < -0.3 is 4.74 Å². The number of halogens is 1. The Morgan fingerprint density at radius 3 is 2.71 bits per heavy atom. The molecule has 8 nitrogen and oxygen atoms in total. The number of nitro groups is 1. The molecule has 0 N–H and O–H groups in total. The number of aryl methyl sites for hydroxylation is 1. The average Bonchev–Trinajstić information content (AvgIpc) is 3.09. The first-order valence-corrected chi connectivity index (χ1v) is 11.6. The molecule has 2 heterocycles. The van der Waals surface area contributed by atoms with E-state index in [2.05, 4.69) is 4.99 Å². The van der Waals surface area contributed by atoms with E-state index in [-0.39, 0.29) is 23.4 Å². The van der Waals surface area contributed by atoms with Crippen LogP contribution in [-0.2, 0) is 9.53 Å². The zero-order valence-electron chi connectivity index (χ0n) is 18.6. The Morgan fingerprint density at radius 1 is 1.29 bits per heavy atom. The number of rotatable bonds is 5. The number of carbonyl (C=O) groups is 1. The van der Waals surface area contributed by atoms with Crippen LogP contribution in [0.1, 0.15) is 36.6 Å². The first kappa shape index (κ1) is 23.6. The highest BCUT2D eigenvalue weighted by Crippen LogP contribution is 2.33. The summed E-state index contributed by atoms with van der Waals surface area (Å²) in [5.41, 5.74) is 1.62. The molecular weight excluding hydrogens is 478 g/mol. The highest BCUT2D eigenvalue weighted by Gasteiger charge is 2.34. The fourth-order valence-corrected chi connectivity index (χ4v) is 5.06. The number of fused-ring (bicyclic) bond motifs is 1. The SMILES string of the molecule is CCOC(=O)C1=C(C)N=c2s/c(=C/c3ccccc3Cl)c(=O)n2[C@H]1c1ccc(C)c([N+](=O)[O-])c1. The maximum absolute atomic E-state index is 13.6. The van der Waals surface area contributed by atoms with Crippen molar-refractivity contribution in [2.24, 2.45) is 4.99 Å². The summed E-state index contributed by atoms with van der Waals surface area (Å²) >= 11 is 7.43. The average molecular weight is 498 g/mol. The van der Waals surface area contributed by atoms with Crippen molar-refractivity contribution in [1.29, 1.82) is 0 Å². The van der Waals surface area contributed by atoms with Gasteiger partial charge in [-0.2, -0.15) is 0 Å². The smallest absolute Gasteiger partial charge is 0.338 e. The van der Waals surface area contributed by atoms with E-state index in [9.17, 15) is 19.7 Å². The minimum absolute atomic E-state index is 0.103. The van der Waals surface area contributed by atoms with Gasteiger partial charge in [0.2, 0.25) is 0 Å². The monoisotopic (exact) mass is 497 g/mol. The fourth-order valence-electron chi connectivity index (χ4n) is 3.83. The molecule has 0 aliphatic carbocycles. The maximum atomic E-state index is 13.6. The quantitative estimate of drug-likeness (QED) is 0.304. The molecule has 0 spiro atoms. The Balaban J connectivity index is 2.01. The zero-order valence-corrected chi connectivity index (χ0v) is 20.1. The van der Waals surface area contributed by atoms with Crippen LogP contribution in [-0.4, -0.2) is 22.1 Å². The predicted molar refractivity (Wildman–Crippen MR) is 130 cm³/mol. The van der Waals surface area contributed by atoms with Gasteiger partial charge in [-0.25, -0.2) is 9.79 Å². The van der Waals surface area contributed by atoms with Gasteiger partial charge in [0.25, 0.3) is 11.2 Å². The molecule has 1 aromatic heterocycles. The van der Waals surface area contributed by atoms with E-state index < -0.39 is 16.9 Å². The number of hydrogen-bond acceptors (Lipinski definition) is 7. The van der Waals surface area contributed by atoms with Crippen molar-refractivity contribution in [3.63, 3.8) is 0 Å². The molecule has 0 radical (unpaired) electrons. The van der Waals surface area contributed by atoms with Crippen LogP contribution >= 0.6 is 22.9 Å². The molecule has 1 aliphatic heterocycles. The summed E-state index contributed by atoms with van der Waals surface area (Å²) in [6.07, 6.45) is 1.67. The van der Waals surface area contributed by atoms with Crippen molar-refractivity contribution in [3.8, 4) is 0 Å². The van der Waals surface area contributed by atoms with Crippen molar-refractivity contribution in [2.45, 2.75) is 26.8 Å². The highest BCUT2D eigenvalue weighted by atomic mass is 35.5. The molecule has 174 valence electrons. The van der Waals surface area contributed by atoms with Crippen molar-refractivity contribution >= 4 is 40.7 Å². The van der Waals surface area contributed by atoms with Crippen LogP contribution in [0.15, 0.2) is 63.5 Å². The van der Waals surface area contributed by atoms with E-state index in [1.807, 2.05) is 6.07 Å². The second kappa shape index (κ2) is 9.36. The molecule has 0 bridgehead atoms. The molecule has 34 heavy (non-hydrogen) atoms. The highest BCUT2D eigenvalue weighted by molar-refractivity contribution is 7.07. The first-order valence-electron chi connectivity index (χ1n) is 10.4. The molecule has 2 aromatic carbocycles. The number of benzene rings is 2. The third-order valence-electron chi connectivity index (χ3n) is 5.45. The molecule has 3 aromatic rings. The summed E-state index contributed by atoms with van der Waals surface area (Å²) in [4.78, 5) is 42.5. The van der Waals surface area contributed by atoms with Gasteiger partial charge in [-0.1, -0.05) is 53.3 Å². The lowest BCUT2D eigenvalue weighted by atomic mass is 9.94. The van der Waals surface area contributed by atoms with E-state index in [1.54, 1.807) is 57.2 Å². The third kappa shape index (κ3) is 4.20. The van der Waals surface area contributed by atoms with Gasteiger partial charge in [-0.15, -0.1) is 0 Å². The number of carbonyl (C=O) groups excluding carboxylic acids is 1. The predicted octanol–water partition coefficient (Wildman–Crippen LogP) is 3.67. The zero-order chi connectivity index (χ0) is 24.6. The van der Waals surface area contributed by atoms with Crippen LogP contribution in [0.2, 0.25) is 5.02 Å². The number of ether oxygens (including phenoxy) is 1. The Hall–Kier alpha value is -3.56. The van der Waals surface area contributed by atoms with Gasteiger partial charge in [0.1, 0.15) is 0 Å². The topological polar surface area (TPSA) is 104 Å². The molecule has 1 aliphatic rings. The fraction of sp³-hybridized carbons (Fsp3) is 0.208. The minimum atomic E-state index is -0.928. The van der Waals surface area contributed by atoms with Crippen molar-refractivity contribution in [2.75, 3.05) is 6.61 Å². The van der Waals surface area contributed by atoms with Crippen LogP contribution in [0.3, 0.4) is 0 Å². The number of esters is 1. The van der Waals surface area contributed by atoms with Crippen LogP contribution < -0.4 is 14.9 Å². The molecule has 0 saturated carbocycles. The van der Waals surface area contributed by atoms with Crippen molar-refractivity contribution in [3.05, 3.63) is 105 Å². The summed E-state index contributed by atoms with van der Waals surface area (Å²) in [7, 11) is 0. The minimum Gasteiger partial charge on any atom is -0.463 e. The molecule has 0 amide bonds. The Kier molecular flexibility index (Phi) is 6.49. The summed E-state index contributed by atoms with van der Waals surface area (Å²) < 4.78 is 7.01. The van der Waals surface area contributed by atoms with Crippen molar-refractivity contribution < 1.29 is 14.5 Å². The number of nitro benzene ring substituents is 1. The third-order valence-corrected chi connectivity index (χ3v) is 6.78. The molecule has 0 saturated heterocycles. The van der Waals surface area contributed by atoms with Gasteiger partial charge in [0.05, 0.1) is 33.4 Å². The van der Waals surface area contributed by atoms with E-state index in [0.717, 1.165) is 11.3 Å². The summed E-state index contributed by atoms with van der Waals surface area (Å²) in [6, 6.07) is 10.9. The number of hydrogen-bond donors (Lipinski definition) is 0. The Morgan fingerprint density at radius 2 is 2.03 bits per heavy atom. The van der Waals surface area contributed by atoms with Crippen LogP contribution in [0.5, 0.6) is 0 Å². The first-order chi connectivity index (χ1) is 16.2. The standard InChI is InChI=1S/C24H20ClN3O5S/c1-4-33-23(30)20-14(3)26-24-27(21(20)16-10-9-13(2)18(11-16)28(31)32)22(29)19(34-24)12-15-7-5-6-8-17(15)25/h5-12,21H,4H2,1-3H3/b19-12+/t21-/m0/s1. The molecule has 10 heteroatoms. The molecule has 0 unspecified atom stereocenters. The Labute approximate surface area is 203 Å². The molecule has 4 rings (SSSR count). The molecule has 0 fully saturated rings. The van der Waals surface area contributed by atoms with E-state index >= 15 is 0 Å².